The maximum absolute atomic E-state index is 12.9. The van der Waals surface area contributed by atoms with Crippen molar-refractivity contribution in [2.45, 2.75) is 19.0 Å². The molecule has 4 rings (SSSR count). The molecule has 0 radical (unpaired) electrons. The minimum absolute atomic E-state index is 0.00954. The number of aromatic nitrogens is 1. The standard InChI is InChI=1S/C21H18N2O/c24-21-18-12-7-13-22-19(18)15-23(21)20(17-10-5-2-6-11-17)14-16-8-3-1-4-9-16/h1-13,20H,14-15H2. The van der Waals surface area contributed by atoms with E-state index in [0.717, 1.165) is 23.2 Å². The number of fused-ring (bicyclic) bond motifs is 1. The second kappa shape index (κ2) is 6.28. The topological polar surface area (TPSA) is 33.2 Å². The molecule has 1 unspecified atom stereocenters. The molecular weight excluding hydrogens is 296 g/mol. The van der Waals surface area contributed by atoms with Crippen LogP contribution < -0.4 is 0 Å². The van der Waals surface area contributed by atoms with Crippen LogP contribution in [0.2, 0.25) is 0 Å². The smallest absolute Gasteiger partial charge is 0.256 e. The molecule has 0 fully saturated rings. The maximum Gasteiger partial charge on any atom is 0.256 e. The molecule has 2 aromatic carbocycles. The zero-order chi connectivity index (χ0) is 16.4. The first-order chi connectivity index (χ1) is 11.8. The van der Waals surface area contributed by atoms with Crippen molar-refractivity contribution in [1.82, 2.24) is 9.88 Å². The highest BCUT2D eigenvalue weighted by Gasteiger charge is 2.34. The lowest BCUT2D eigenvalue weighted by atomic mass is 9.97. The van der Waals surface area contributed by atoms with Gasteiger partial charge in [-0.05, 0) is 29.7 Å². The molecule has 1 aromatic heterocycles. The van der Waals surface area contributed by atoms with Gasteiger partial charge in [-0.15, -0.1) is 0 Å². The van der Waals surface area contributed by atoms with Crippen molar-refractivity contribution in [1.29, 1.82) is 0 Å². The van der Waals surface area contributed by atoms with E-state index < -0.39 is 0 Å². The van der Waals surface area contributed by atoms with Crippen LogP contribution in [0.25, 0.3) is 0 Å². The van der Waals surface area contributed by atoms with Gasteiger partial charge in [-0.2, -0.15) is 0 Å². The number of hydrogen-bond donors (Lipinski definition) is 0. The summed E-state index contributed by atoms with van der Waals surface area (Å²) in [5.74, 6) is 0.0721. The van der Waals surface area contributed by atoms with Gasteiger partial charge < -0.3 is 4.90 Å². The zero-order valence-corrected chi connectivity index (χ0v) is 13.3. The van der Waals surface area contributed by atoms with Crippen molar-refractivity contribution >= 4 is 5.91 Å². The SMILES string of the molecule is O=C1c2cccnc2CN1C(Cc1ccccc1)c1ccccc1. The molecule has 3 nitrogen and oxygen atoms in total. The molecule has 3 heteroatoms. The molecule has 1 aliphatic heterocycles. The highest BCUT2D eigenvalue weighted by Crippen LogP contribution is 2.32. The van der Waals surface area contributed by atoms with Crippen molar-refractivity contribution in [3.8, 4) is 0 Å². The van der Waals surface area contributed by atoms with Crippen LogP contribution in [0.4, 0.5) is 0 Å². The molecular formula is C21H18N2O. The lowest BCUT2D eigenvalue weighted by molar-refractivity contribution is 0.0699. The maximum atomic E-state index is 12.9. The molecule has 0 N–H and O–H groups in total. The first-order valence-corrected chi connectivity index (χ1v) is 8.16. The second-order valence-electron chi connectivity index (χ2n) is 6.05. The van der Waals surface area contributed by atoms with E-state index in [9.17, 15) is 4.79 Å². The summed E-state index contributed by atoms with van der Waals surface area (Å²) < 4.78 is 0. The number of pyridine rings is 1. The summed E-state index contributed by atoms with van der Waals surface area (Å²) in [7, 11) is 0. The van der Waals surface area contributed by atoms with Gasteiger partial charge in [-0.1, -0.05) is 60.7 Å². The Labute approximate surface area is 141 Å². The van der Waals surface area contributed by atoms with Gasteiger partial charge in [0.2, 0.25) is 0 Å². The molecule has 0 bridgehead atoms. The van der Waals surface area contributed by atoms with Gasteiger partial charge in [0.15, 0.2) is 0 Å². The van der Waals surface area contributed by atoms with Crippen molar-refractivity contribution in [2.75, 3.05) is 0 Å². The molecule has 0 saturated heterocycles. The fourth-order valence-corrected chi connectivity index (χ4v) is 3.32. The third-order valence-electron chi connectivity index (χ3n) is 4.53. The average molecular weight is 314 g/mol. The molecule has 1 aliphatic rings. The Balaban J connectivity index is 1.70. The molecule has 24 heavy (non-hydrogen) atoms. The molecule has 3 aromatic rings. The Kier molecular flexibility index (Phi) is 3.83. The number of hydrogen-bond acceptors (Lipinski definition) is 2. The minimum Gasteiger partial charge on any atom is -0.325 e. The summed E-state index contributed by atoms with van der Waals surface area (Å²) in [6, 6.07) is 24.3. The fraction of sp³-hybridized carbons (Fsp3) is 0.143. The number of carbonyl (C=O) groups excluding carboxylic acids is 1. The third kappa shape index (κ3) is 2.69. The van der Waals surface area contributed by atoms with Crippen LogP contribution in [0.5, 0.6) is 0 Å². The summed E-state index contributed by atoms with van der Waals surface area (Å²) in [6.07, 6.45) is 2.55. The second-order valence-corrected chi connectivity index (χ2v) is 6.05. The van der Waals surface area contributed by atoms with E-state index in [2.05, 4.69) is 29.2 Å². The lowest BCUT2D eigenvalue weighted by Gasteiger charge is -2.28. The number of carbonyl (C=O) groups is 1. The predicted molar refractivity (Wildman–Crippen MR) is 93.4 cm³/mol. The molecule has 1 amide bonds. The van der Waals surface area contributed by atoms with Crippen LogP contribution in [-0.2, 0) is 13.0 Å². The minimum atomic E-state index is 0.00954. The highest BCUT2D eigenvalue weighted by molar-refractivity contribution is 5.98. The molecule has 0 aliphatic carbocycles. The van der Waals surface area contributed by atoms with Gasteiger partial charge in [-0.25, -0.2) is 0 Å². The predicted octanol–water partition coefficient (Wildman–Crippen LogP) is 4.02. The van der Waals surface area contributed by atoms with Crippen molar-refractivity contribution in [3.63, 3.8) is 0 Å². The van der Waals surface area contributed by atoms with E-state index in [-0.39, 0.29) is 11.9 Å². The van der Waals surface area contributed by atoms with Crippen LogP contribution in [-0.4, -0.2) is 15.8 Å². The van der Waals surface area contributed by atoms with E-state index in [0.29, 0.717) is 6.54 Å². The summed E-state index contributed by atoms with van der Waals surface area (Å²) in [5, 5.41) is 0. The van der Waals surface area contributed by atoms with Gasteiger partial charge in [0.25, 0.3) is 5.91 Å². The van der Waals surface area contributed by atoms with Crippen molar-refractivity contribution < 1.29 is 4.79 Å². The lowest BCUT2D eigenvalue weighted by Crippen LogP contribution is -2.30. The van der Waals surface area contributed by atoms with Gasteiger partial charge in [0, 0.05) is 6.20 Å². The summed E-state index contributed by atoms with van der Waals surface area (Å²) in [5.41, 5.74) is 3.98. The first kappa shape index (κ1) is 14.6. The van der Waals surface area contributed by atoms with Crippen LogP contribution in [0, 0.1) is 0 Å². The Bertz CT molecular complexity index is 846. The van der Waals surface area contributed by atoms with E-state index in [1.807, 2.05) is 53.4 Å². The number of benzene rings is 2. The first-order valence-electron chi connectivity index (χ1n) is 8.16. The van der Waals surface area contributed by atoms with Gasteiger partial charge in [0.1, 0.15) is 0 Å². The largest absolute Gasteiger partial charge is 0.325 e. The van der Waals surface area contributed by atoms with Gasteiger partial charge >= 0.3 is 0 Å². The Morgan fingerprint density at radius 2 is 1.62 bits per heavy atom. The van der Waals surface area contributed by atoms with Gasteiger partial charge in [0.05, 0.1) is 23.8 Å². The normalized spacial score (nSPS) is 14.5. The summed E-state index contributed by atoms with van der Waals surface area (Å²) >= 11 is 0. The quantitative estimate of drug-likeness (QED) is 0.728. The number of amides is 1. The summed E-state index contributed by atoms with van der Waals surface area (Å²) in [4.78, 5) is 19.2. The Hall–Kier alpha value is -2.94. The number of nitrogens with zero attached hydrogens (tertiary/aromatic N) is 2. The van der Waals surface area contributed by atoms with Gasteiger partial charge in [-0.3, -0.25) is 9.78 Å². The van der Waals surface area contributed by atoms with Crippen LogP contribution in [0.15, 0.2) is 79.0 Å². The van der Waals surface area contributed by atoms with Crippen LogP contribution in [0.3, 0.4) is 0 Å². The average Bonchev–Trinajstić information content (AvgIpc) is 2.98. The molecule has 118 valence electrons. The zero-order valence-electron chi connectivity index (χ0n) is 13.3. The molecule has 2 heterocycles. The molecule has 1 atom stereocenters. The van der Waals surface area contributed by atoms with E-state index in [4.69, 9.17) is 0 Å². The number of rotatable bonds is 4. The monoisotopic (exact) mass is 314 g/mol. The Morgan fingerprint density at radius 3 is 2.33 bits per heavy atom. The Morgan fingerprint density at radius 1 is 0.917 bits per heavy atom. The summed E-state index contributed by atoms with van der Waals surface area (Å²) in [6.45, 7) is 0.571. The van der Waals surface area contributed by atoms with E-state index in [1.165, 1.54) is 5.56 Å². The fourth-order valence-electron chi connectivity index (χ4n) is 3.32. The van der Waals surface area contributed by atoms with Crippen molar-refractivity contribution in [2.24, 2.45) is 0 Å². The molecule has 0 saturated carbocycles. The highest BCUT2D eigenvalue weighted by atomic mass is 16.2. The van der Waals surface area contributed by atoms with Crippen molar-refractivity contribution in [3.05, 3.63) is 101 Å². The van der Waals surface area contributed by atoms with E-state index >= 15 is 0 Å². The van der Waals surface area contributed by atoms with E-state index in [1.54, 1.807) is 6.20 Å². The third-order valence-corrected chi connectivity index (χ3v) is 4.53. The molecule has 0 spiro atoms. The van der Waals surface area contributed by atoms with Crippen LogP contribution in [0.1, 0.15) is 33.2 Å². The van der Waals surface area contributed by atoms with Crippen LogP contribution >= 0.6 is 0 Å².